The van der Waals surface area contributed by atoms with Crippen LogP contribution in [-0.2, 0) is 11.2 Å². The maximum absolute atomic E-state index is 12.2. The number of carbonyl (C=O) groups excluding carboxylic acids is 1. The number of rotatable bonds is 8. The lowest BCUT2D eigenvalue weighted by molar-refractivity contribution is -0.117. The second-order valence-electron chi connectivity index (χ2n) is 6.44. The molecule has 2 aromatic carbocycles. The normalized spacial score (nSPS) is 11.1. The molecule has 2 rings (SSSR count). The van der Waals surface area contributed by atoms with Crippen LogP contribution in [0, 0.1) is 17.2 Å². The van der Waals surface area contributed by atoms with Gasteiger partial charge in [-0.2, -0.15) is 5.26 Å². The van der Waals surface area contributed by atoms with Gasteiger partial charge in [0.25, 0.3) is 5.91 Å². The molecule has 1 amide bonds. The largest absolute Gasteiger partial charge is 0.493 e. The molecule has 0 spiro atoms. The first-order valence-corrected chi connectivity index (χ1v) is 8.75. The van der Waals surface area contributed by atoms with Gasteiger partial charge in [-0.25, -0.2) is 0 Å². The zero-order chi connectivity index (χ0) is 18.8. The van der Waals surface area contributed by atoms with Crippen LogP contribution in [0.3, 0.4) is 0 Å². The van der Waals surface area contributed by atoms with Crippen molar-refractivity contribution in [2.75, 3.05) is 13.2 Å². The Hall–Kier alpha value is -3.06. The number of benzene rings is 2. The Balaban J connectivity index is 1.91. The molecule has 0 saturated heterocycles. The van der Waals surface area contributed by atoms with Crippen molar-refractivity contribution >= 4 is 12.0 Å². The summed E-state index contributed by atoms with van der Waals surface area (Å²) in [5.74, 6) is 0.879. The number of amides is 1. The van der Waals surface area contributed by atoms with E-state index in [0.29, 0.717) is 19.1 Å². The third-order valence-corrected chi connectivity index (χ3v) is 3.68. The fraction of sp³-hybridized carbons (Fsp3) is 0.273. The van der Waals surface area contributed by atoms with Crippen molar-refractivity contribution in [1.82, 2.24) is 5.32 Å². The second kappa shape index (κ2) is 10.0. The molecule has 1 N–H and O–H groups in total. The maximum Gasteiger partial charge on any atom is 0.261 e. The lowest BCUT2D eigenvalue weighted by Gasteiger charge is -2.08. The fourth-order valence-corrected chi connectivity index (χ4v) is 2.30. The number of nitrogens with zero attached hydrogens (tertiary/aromatic N) is 1. The number of nitriles is 1. The summed E-state index contributed by atoms with van der Waals surface area (Å²) < 4.78 is 5.63. The van der Waals surface area contributed by atoms with Gasteiger partial charge in [-0.15, -0.1) is 0 Å². The molecule has 0 saturated carbocycles. The molecular formula is C22H24N2O2. The van der Waals surface area contributed by atoms with Gasteiger partial charge >= 0.3 is 0 Å². The van der Waals surface area contributed by atoms with E-state index in [1.807, 2.05) is 60.7 Å². The second-order valence-corrected chi connectivity index (χ2v) is 6.44. The van der Waals surface area contributed by atoms with E-state index in [9.17, 15) is 10.1 Å². The van der Waals surface area contributed by atoms with Crippen molar-refractivity contribution in [2.24, 2.45) is 5.92 Å². The molecule has 0 radical (unpaired) electrons. The zero-order valence-corrected chi connectivity index (χ0v) is 15.2. The van der Waals surface area contributed by atoms with Crippen molar-refractivity contribution in [3.8, 4) is 11.8 Å². The van der Waals surface area contributed by atoms with E-state index >= 15 is 0 Å². The zero-order valence-electron chi connectivity index (χ0n) is 15.2. The minimum Gasteiger partial charge on any atom is -0.493 e. The van der Waals surface area contributed by atoms with Gasteiger partial charge in [-0.05, 0) is 41.7 Å². The smallest absolute Gasteiger partial charge is 0.261 e. The van der Waals surface area contributed by atoms with Gasteiger partial charge in [0.15, 0.2) is 0 Å². The monoisotopic (exact) mass is 348 g/mol. The fourth-order valence-electron chi connectivity index (χ4n) is 2.30. The van der Waals surface area contributed by atoms with Gasteiger partial charge in [-0.1, -0.05) is 56.3 Å². The highest BCUT2D eigenvalue weighted by atomic mass is 16.5. The standard InChI is InChI=1S/C22H24N2O2/c1-17(2)16-26-21-10-8-19(9-11-21)14-20(15-23)22(25)24-13-12-18-6-4-3-5-7-18/h3-11,14,17H,12-13,16H2,1-2H3,(H,24,25)/b20-14+. The molecule has 26 heavy (non-hydrogen) atoms. The molecule has 134 valence electrons. The summed E-state index contributed by atoms with van der Waals surface area (Å²) in [4.78, 5) is 12.2. The summed E-state index contributed by atoms with van der Waals surface area (Å²) in [5.41, 5.74) is 2.03. The molecule has 4 heteroatoms. The first-order valence-electron chi connectivity index (χ1n) is 8.75. The Morgan fingerprint density at radius 3 is 2.46 bits per heavy atom. The molecule has 0 aliphatic heterocycles. The van der Waals surface area contributed by atoms with Crippen LogP contribution in [0.5, 0.6) is 5.75 Å². The van der Waals surface area contributed by atoms with Gasteiger partial charge in [0, 0.05) is 6.54 Å². The highest BCUT2D eigenvalue weighted by Gasteiger charge is 2.08. The van der Waals surface area contributed by atoms with Gasteiger partial charge < -0.3 is 10.1 Å². The van der Waals surface area contributed by atoms with Crippen LogP contribution in [-0.4, -0.2) is 19.1 Å². The molecule has 2 aromatic rings. The van der Waals surface area contributed by atoms with Gasteiger partial charge in [0.05, 0.1) is 6.61 Å². The average molecular weight is 348 g/mol. The predicted molar refractivity (Wildman–Crippen MR) is 104 cm³/mol. The van der Waals surface area contributed by atoms with Crippen molar-refractivity contribution in [2.45, 2.75) is 20.3 Å². The van der Waals surface area contributed by atoms with E-state index in [4.69, 9.17) is 4.74 Å². The van der Waals surface area contributed by atoms with Crippen LogP contribution < -0.4 is 10.1 Å². The minimum absolute atomic E-state index is 0.0916. The summed E-state index contributed by atoms with van der Waals surface area (Å²) >= 11 is 0. The Bertz CT molecular complexity index is 772. The first-order chi connectivity index (χ1) is 12.6. The van der Waals surface area contributed by atoms with E-state index in [0.717, 1.165) is 23.3 Å². The van der Waals surface area contributed by atoms with Gasteiger partial charge in [-0.3, -0.25) is 4.79 Å². The summed E-state index contributed by atoms with van der Waals surface area (Å²) in [7, 11) is 0. The molecule has 4 nitrogen and oxygen atoms in total. The maximum atomic E-state index is 12.2. The van der Waals surface area contributed by atoms with Crippen LogP contribution in [0.4, 0.5) is 0 Å². The van der Waals surface area contributed by atoms with Crippen LogP contribution >= 0.6 is 0 Å². The highest BCUT2D eigenvalue weighted by molar-refractivity contribution is 6.01. The summed E-state index contributed by atoms with van der Waals surface area (Å²) in [6.45, 7) is 5.33. The Kier molecular flexibility index (Phi) is 7.45. The van der Waals surface area contributed by atoms with E-state index < -0.39 is 0 Å². The minimum atomic E-state index is -0.358. The highest BCUT2D eigenvalue weighted by Crippen LogP contribution is 2.15. The van der Waals surface area contributed by atoms with Gasteiger partial charge in [0.1, 0.15) is 17.4 Å². The summed E-state index contributed by atoms with van der Waals surface area (Å²) in [6, 6.07) is 19.2. The van der Waals surface area contributed by atoms with Crippen LogP contribution in [0.25, 0.3) is 6.08 Å². The van der Waals surface area contributed by atoms with Crippen molar-refractivity contribution in [1.29, 1.82) is 5.26 Å². The Morgan fingerprint density at radius 2 is 1.85 bits per heavy atom. The van der Waals surface area contributed by atoms with E-state index in [2.05, 4.69) is 19.2 Å². The molecule has 0 heterocycles. The number of carbonyl (C=O) groups is 1. The Morgan fingerprint density at radius 1 is 1.15 bits per heavy atom. The molecular weight excluding hydrogens is 324 g/mol. The lowest BCUT2D eigenvalue weighted by Crippen LogP contribution is -2.26. The average Bonchev–Trinajstić information content (AvgIpc) is 2.66. The summed E-state index contributed by atoms with van der Waals surface area (Å²) in [5, 5.41) is 12.1. The van der Waals surface area contributed by atoms with Gasteiger partial charge in [0.2, 0.25) is 0 Å². The van der Waals surface area contributed by atoms with Crippen molar-refractivity contribution in [3.63, 3.8) is 0 Å². The number of hydrogen-bond acceptors (Lipinski definition) is 3. The summed E-state index contributed by atoms with van der Waals surface area (Å²) in [6.07, 6.45) is 2.32. The van der Waals surface area contributed by atoms with Crippen LogP contribution in [0.15, 0.2) is 60.2 Å². The number of hydrogen-bond donors (Lipinski definition) is 1. The molecule has 0 fully saturated rings. The first kappa shape index (κ1) is 19.3. The number of ether oxygens (including phenoxy) is 1. The third-order valence-electron chi connectivity index (χ3n) is 3.68. The van der Waals surface area contributed by atoms with Crippen molar-refractivity contribution in [3.05, 3.63) is 71.3 Å². The third kappa shape index (κ3) is 6.45. The lowest BCUT2D eigenvalue weighted by atomic mass is 10.1. The quantitative estimate of drug-likeness (QED) is 0.580. The molecule has 0 atom stereocenters. The van der Waals surface area contributed by atoms with Crippen LogP contribution in [0.1, 0.15) is 25.0 Å². The molecule has 0 aromatic heterocycles. The van der Waals surface area contributed by atoms with E-state index in [1.165, 1.54) is 0 Å². The van der Waals surface area contributed by atoms with Crippen molar-refractivity contribution < 1.29 is 9.53 Å². The van der Waals surface area contributed by atoms with E-state index in [-0.39, 0.29) is 11.5 Å². The van der Waals surface area contributed by atoms with Crippen LogP contribution in [0.2, 0.25) is 0 Å². The Labute approximate surface area is 155 Å². The topological polar surface area (TPSA) is 62.1 Å². The molecule has 0 bridgehead atoms. The SMILES string of the molecule is CC(C)COc1ccc(/C=C(\C#N)C(=O)NCCc2ccccc2)cc1. The van der Waals surface area contributed by atoms with E-state index in [1.54, 1.807) is 6.08 Å². The predicted octanol–water partition coefficient (Wildman–Crippen LogP) is 3.99. The number of nitrogens with one attached hydrogen (secondary N) is 1. The molecule has 0 aliphatic carbocycles. The molecule has 0 unspecified atom stereocenters. The molecule has 0 aliphatic rings.